The topological polar surface area (TPSA) is 38.3 Å². The van der Waals surface area contributed by atoms with Crippen LogP contribution in [0.4, 0.5) is 42.1 Å². The van der Waals surface area contributed by atoms with Crippen LogP contribution in [-0.4, -0.2) is 13.1 Å². The van der Waals surface area contributed by atoms with E-state index in [2.05, 4.69) is 5.32 Å². The maximum absolute atomic E-state index is 14.0. The maximum Gasteiger partial charge on any atom is 0.417 e. The minimum atomic E-state index is -4.81. The van der Waals surface area contributed by atoms with Gasteiger partial charge in [-0.25, -0.2) is 4.39 Å². The molecule has 0 aliphatic carbocycles. The van der Waals surface area contributed by atoms with E-state index in [0.717, 1.165) is 18.2 Å². The smallest absolute Gasteiger partial charge is 0.417 e. The molecule has 204 valence electrons. The third kappa shape index (κ3) is 7.18. The van der Waals surface area contributed by atoms with Crippen LogP contribution < -0.4 is 5.32 Å². The lowest BCUT2D eigenvalue weighted by Crippen LogP contribution is -2.17. The second-order valence-electron chi connectivity index (χ2n) is 9.09. The lowest BCUT2D eigenvalue weighted by Gasteiger charge is -2.20. The van der Waals surface area contributed by atoms with E-state index in [1.807, 2.05) is 13.8 Å². The molecule has 0 spiro atoms. The molecule has 0 heterocycles. The summed E-state index contributed by atoms with van der Waals surface area (Å²) in [7, 11) is 1.19. The highest BCUT2D eigenvalue weighted by molar-refractivity contribution is 6.31. The highest BCUT2D eigenvalue weighted by atomic mass is 35.5. The van der Waals surface area contributed by atoms with Crippen molar-refractivity contribution >= 4 is 28.9 Å². The van der Waals surface area contributed by atoms with Crippen molar-refractivity contribution in [3.63, 3.8) is 0 Å². The minimum absolute atomic E-state index is 0.0177. The number of halogens is 8. The van der Waals surface area contributed by atoms with Crippen LogP contribution in [0.1, 0.15) is 42.9 Å². The summed E-state index contributed by atoms with van der Waals surface area (Å²) in [5.41, 5.74) is -1.77. The van der Waals surface area contributed by atoms with Crippen molar-refractivity contribution in [2.75, 3.05) is 12.4 Å². The minimum Gasteiger partial charge on any atom is -0.469 e. The first-order valence-electron chi connectivity index (χ1n) is 11.3. The van der Waals surface area contributed by atoms with E-state index >= 15 is 0 Å². The van der Waals surface area contributed by atoms with E-state index in [1.165, 1.54) is 31.4 Å². The monoisotopic (exact) mass is 561 g/mol. The van der Waals surface area contributed by atoms with Crippen LogP contribution in [0, 0.1) is 11.7 Å². The highest BCUT2D eigenvalue weighted by Gasteiger charge is 2.34. The van der Waals surface area contributed by atoms with Gasteiger partial charge in [0.05, 0.1) is 29.2 Å². The summed E-state index contributed by atoms with van der Waals surface area (Å²) >= 11 is 5.75. The number of carbonyl (C=O) groups excluding carboxylic acids is 1. The zero-order valence-electron chi connectivity index (χ0n) is 20.4. The van der Waals surface area contributed by atoms with Crippen molar-refractivity contribution in [3.8, 4) is 11.1 Å². The first-order chi connectivity index (χ1) is 17.6. The number of nitrogens with one attached hydrogen (secondary N) is 1. The second-order valence-corrected chi connectivity index (χ2v) is 9.50. The zero-order chi connectivity index (χ0) is 28.4. The highest BCUT2D eigenvalue weighted by Crippen LogP contribution is 2.40. The number of esters is 1. The van der Waals surface area contributed by atoms with Gasteiger partial charge >= 0.3 is 18.3 Å². The van der Waals surface area contributed by atoms with Crippen LogP contribution in [0.2, 0.25) is 5.02 Å². The first kappa shape index (κ1) is 29.3. The number of hydrogen-bond donors (Lipinski definition) is 1. The van der Waals surface area contributed by atoms with E-state index in [4.69, 9.17) is 16.3 Å². The van der Waals surface area contributed by atoms with E-state index in [-0.39, 0.29) is 28.4 Å². The van der Waals surface area contributed by atoms with Crippen molar-refractivity contribution in [3.05, 3.63) is 82.1 Å². The first-order valence-corrected chi connectivity index (χ1v) is 11.7. The van der Waals surface area contributed by atoms with Crippen LogP contribution in [0.3, 0.4) is 0 Å². The quantitative estimate of drug-likeness (QED) is 0.231. The number of benzene rings is 3. The fraction of sp³-hybridized carbons (Fsp3) is 0.296. The van der Waals surface area contributed by atoms with E-state index in [9.17, 15) is 35.5 Å². The molecule has 0 fully saturated rings. The van der Waals surface area contributed by atoms with Gasteiger partial charge in [0.2, 0.25) is 0 Å². The Morgan fingerprint density at radius 1 is 0.895 bits per heavy atom. The molecule has 1 atom stereocenters. The second kappa shape index (κ2) is 11.2. The molecule has 3 aromatic carbocycles. The van der Waals surface area contributed by atoms with E-state index < -0.39 is 46.2 Å². The molecule has 3 nitrogen and oxygen atoms in total. The number of methoxy groups -OCH3 is 1. The predicted molar refractivity (Wildman–Crippen MR) is 131 cm³/mol. The fourth-order valence-electron chi connectivity index (χ4n) is 3.99. The van der Waals surface area contributed by atoms with Gasteiger partial charge < -0.3 is 10.1 Å². The van der Waals surface area contributed by atoms with Gasteiger partial charge in [0, 0.05) is 11.4 Å². The molecule has 1 unspecified atom stereocenters. The average Bonchev–Trinajstić information content (AvgIpc) is 2.80. The molecular formula is C27H23ClF7NO2. The van der Waals surface area contributed by atoms with Crippen molar-refractivity contribution in [1.82, 2.24) is 0 Å². The van der Waals surface area contributed by atoms with Gasteiger partial charge in [-0.3, -0.25) is 4.79 Å². The lowest BCUT2D eigenvalue weighted by molar-refractivity contribution is -0.143. The fourth-order valence-corrected chi connectivity index (χ4v) is 4.21. The van der Waals surface area contributed by atoms with Gasteiger partial charge in [-0.15, -0.1) is 0 Å². The number of rotatable bonds is 7. The third-order valence-corrected chi connectivity index (χ3v) is 6.00. The summed E-state index contributed by atoms with van der Waals surface area (Å²) in [5.74, 6) is -2.55. The Morgan fingerprint density at radius 2 is 1.55 bits per heavy atom. The molecule has 1 N–H and O–H groups in total. The molecule has 3 rings (SSSR count). The van der Waals surface area contributed by atoms with Crippen LogP contribution in [-0.2, 0) is 21.9 Å². The normalized spacial score (nSPS) is 12.9. The lowest BCUT2D eigenvalue weighted by atomic mass is 9.88. The predicted octanol–water partition coefficient (Wildman–Crippen LogP) is 9.23. The zero-order valence-corrected chi connectivity index (χ0v) is 21.2. The van der Waals surface area contributed by atoms with Gasteiger partial charge in [0.1, 0.15) is 5.82 Å². The number of anilines is 2. The van der Waals surface area contributed by atoms with Crippen LogP contribution >= 0.6 is 11.6 Å². The standard InChI is InChI=1S/C27H23ClF7NO2/c1-14(2)6-22(25(37)38-3)17-7-16(15-4-5-24(28)23(10-15)27(33,34)35)8-20(9-17)36-21-12-18(26(30,31)32)11-19(29)13-21/h4-5,7-14,22,36H,6H2,1-3H3. The Labute approximate surface area is 219 Å². The number of ether oxygens (including phenoxy) is 1. The van der Waals surface area contributed by atoms with Crippen LogP contribution in [0.5, 0.6) is 0 Å². The molecule has 38 heavy (non-hydrogen) atoms. The van der Waals surface area contributed by atoms with Crippen molar-refractivity contribution in [2.45, 2.75) is 38.5 Å². The molecule has 3 aromatic rings. The molecule has 0 saturated carbocycles. The van der Waals surface area contributed by atoms with E-state index in [0.29, 0.717) is 24.1 Å². The molecule has 0 saturated heterocycles. The SMILES string of the molecule is COC(=O)C(CC(C)C)c1cc(Nc2cc(F)cc(C(F)(F)F)c2)cc(-c2ccc(Cl)c(C(F)(F)F)c2)c1. The molecule has 0 radical (unpaired) electrons. The summed E-state index contributed by atoms with van der Waals surface area (Å²) in [5, 5.41) is 2.18. The van der Waals surface area contributed by atoms with Gasteiger partial charge in [0.15, 0.2) is 0 Å². The molecule has 0 bridgehead atoms. The van der Waals surface area contributed by atoms with Crippen LogP contribution in [0.25, 0.3) is 11.1 Å². The maximum atomic E-state index is 14.0. The average molecular weight is 562 g/mol. The third-order valence-electron chi connectivity index (χ3n) is 5.67. The van der Waals surface area contributed by atoms with Crippen molar-refractivity contribution < 1.29 is 40.3 Å². The molecule has 0 aliphatic heterocycles. The molecular weight excluding hydrogens is 539 g/mol. The molecule has 0 aliphatic rings. The molecule has 0 aromatic heterocycles. The summed E-state index contributed by atoms with van der Waals surface area (Å²) in [6.07, 6.45) is -9.23. The van der Waals surface area contributed by atoms with Crippen LogP contribution in [0.15, 0.2) is 54.6 Å². The largest absolute Gasteiger partial charge is 0.469 e. The number of carbonyl (C=O) groups is 1. The number of hydrogen-bond acceptors (Lipinski definition) is 3. The van der Waals surface area contributed by atoms with Crippen molar-refractivity contribution in [1.29, 1.82) is 0 Å². The molecule has 0 amide bonds. The summed E-state index contributed by atoms with van der Waals surface area (Å²) in [4.78, 5) is 12.6. The number of alkyl halides is 6. The molecule has 11 heteroatoms. The van der Waals surface area contributed by atoms with Gasteiger partial charge in [0.25, 0.3) is 0 Å². The van der Waals surface area contributed by atoms with Gasteiger partial charge in [-0.05, 0) is 71.5 Å². The summed E-state index contributed by atoms with van der Waals surface area (Å²) < 4.78 is 99.0. The Morgan fingerprint density at radius 3 is 2.13 bits per heavy atom. The van der Waals surface area contributed by atoms with Crippen molar-refractivity contribution in [2.24, 2.45) is 5.92 Å². The Bertz CT molecular complexity index is 1320. The van der Waals surface area contributed by atoms with Gasteiger partial charge in [-0.1, -0.05) is 37.6 Å². The Hall–Kier alpha value is -3.27. The summed E-state index contributed by atoms with van der Waals surface area (Å²) in [6.45, 7) is 3.72. The Kier molecular flexibility index (Phi) is 8.65. The Balaban J connectivity index is 2.20. The summed E-state index contributed by atoms with van der Waals surface area (Å²) in [6, 6.07) is 9.50. The van der Waals surface area contributed by atoms with Gasteiger partial charge in [-0.2, -0.15) is 26.3 Å². The van der Waals surface area contributed by atoms with E-state index in [1.54, 1.807) is 0 Å².